The third kappa shape index (κ3) is 3.85. The number of anilines is 1. The van der Waals surface area contributed by atoms with Gasteiger partial charge in [0.2, 0.25) is 0 Å². The molecule has 0 saturated carbocycles. The van der Waals surface area contributed by atoms with Gasteiger partial charge in [-0.15, -0.1) is 0 Å². The minimum Gasteiger partial charge on any atom is -0.485 e. The number of ketones is 1. The van der Waals surface area contributed by atoms with E-state index in [1.807, 2.05) is 12.1 Å². The summed E-state index contributed by atoms with van der Waals surface area (Å²) in [6.07, 6.45) is 1.76. The van der Waals surface area contributed by atoms with Crippen LogP contribution in [0.15, 0.2) is 42.5 Å². The second-order valence-electron chi connectivity index (χ2n) is 4.98. The van der Waals surface area contributed by atoms with E-state index < -0.39 is 0 Å². The lowest BCUT2D eigenvalue weighted by Gasteiger charge is -2.10. The molecule has 0 aliphatic heterocycles. The number of Topliss-reactive ketones (excluding diaryl/α,β-unsaturated/α-hetero) is 1. The van der Waals surface area contributed by atoms with E-state index in [1.165, 1.54) is 5.56 Å². The molecule has 21 heavy (non-hydrogen) atoms. The van der Waals surface area contributed by atoms with Crippen molar-refractivity contribution in [2.24, 2.45) is 0 Å². The highest BCUT2D eigenvalue weighted by Crippen LogP contribution is 2.17. The minimum atomic E-state index is 0.0129. The molecular weight excluding hydrogens is 262 g/mol. The van der Waals surface area contributed by atoms with Gasteiger partial charge in [0.05, 0.1) is 0 Å². The fourth-order valence-electron chi connectivity index (χ4n) is 2.20. The standard InChI is InChI=1S/C18H21NO2/c1-3-13-5-6-14(4-2)17(11-13)18(20)12-21-16-9-7-15(19)8-10-16/h5-11H,3-4,12,19H2,1-2H3. The number of aryl methyl sites for hydroxylation is 2. The van der Waals surface area contributed by atoms with E-state index in [9.17, 15) is 4.79 Å². The third-order valence-electron chi connectivity index (χ3n) is 3.51. The zero-order valence-electron chi connectivity index (χ0n) is 12.6. The highest BCUT2D eigenvalue weighted by molar-refractivity contribution is 5.98. The number of hydrogen-bond donors (Lipinski definition) is 1. The van der Waals surface area contributed by atoms with E-state index in [-0.39, 0.29) is 12.4 Å². The van der Waals surface area contributed by atoms with Crippen molar-refractivity contribution < 1.29 is 9.53 Å². The topological polar surface area (TPSA) is 52.3 Å². The van der Waals surface area contributed by atoms with Crippen molar-refractivity contribution in [3.05, 3.63) is 59.2 Å². The van der Waals surface area contributed by atoms with Crippen LogP contribution in [0.25, 0.3) is 0 Å². The van der Waals surface area contributed by atoms with Crippen LogP contribution in [0, 0.1) is 0 Å². The normalized spacial score (nSPS) is 10.4. The number of nitrogen functional groups attached to an aromatic ring is 1. The van der Waals surface area contributed by atoms with E-state index in [0.717, 1.165) is 24.0 Å². The Morgan fingerprint density at radius 1 is 1.05 bits per heavy atom. The van der Waals surface area contributed by atoms with Gasteiger partial charge in [-0.3, -0.25) is 4.79 Å². The second kappa shape index (κ2) is 6.93. The number of hydrogen-bond acceptors (Lipinski definition) is 3. The molecule has 3 heteroatoms. The minimum absolute atomic E-state index is 0.0129. The molecule has 2 N–H and O–H groups in total. The van der Waals surface area contributed by atoms with Gasteiger partial charge >= 0.3 is 0 Å². The Kier molecular flexibility index (Phi) is 4.99. The zero-order valence-corrected chi connectivity index (χ0v) is 12.6. The molecule has 0 radical (unpaired) electrons. The summed E-state index contributed by atoms with van der Waals surface area (Å²) in [6.45, 7) is 4.18. The number of rotatable bonds is 6. The molecule has 0 bridgehead atoms. The first-order chi connectivity index (χ1) is 10.1. The van der Waals surface area contributed by atoms with Crippen molar-refractivity contribution in [3.63, 3.8) is 0 Å². The average Bonchev–Trinajstić information content (AvgIpc) is 2.53. The average molecular weight is 283 g/mol. The van der Waals surface area contributed by atoms with Gasteiger partial charge in [0, 0.05) is 11.3 Å². The van der Waals surface area contributed by atoms with Crippen molar-refractivity contribution >= 4 is 11.5 Å². The lowest BCUT2D eigenvalue weighted by molar-refractivity contribution is 0.0920. The predicted octanol–water partition coefficient (Wildman–Crippen LogP) is 3.66. The lowest BCUT2D eigenvalue weighted by atomic mass is 9.98. The summed E-state index contributed by atoms with van der Waals surface area (Å²) in [7, 11) is 0. The smallest absolute Gasteiger partial charge is 0.200 e. The first-order valence-electron chi connectivity index (χ1n) is 7.27. The highest BCUT2D eigenvalue weighted by Gasteiger charge is 2.12. The molecule has 0 spiro atoms. The van der Waals surface area contributed by atoms with Gasteiger partial charge in [0.15, 0.2) is 12.4 Å². The number of ether oxygens (including phenoxy) is 1. The van der Waals surface area contributed by atoms with Crippen molar-refractivity contribution in [3.8, 4) is 5.75 Å². The Labute approximate surface area is 125 Å². The van der Waals surface area contributed by atoms with Gasteiger partial charge in [-0.05, 0) is 54.3 Å². The van der Waals surface area contributed by atoms with Crippen LogP contribution in [-0.4, -0.2) is 12.4 Å². The maximum absolute atomic E-state index is 12.4. The van der Waals surface area contributed by atoms with Crippen LogP contribution >= 0.6 is 0 Å². The van der Waals surface area contributed by atoms with Gasteiger partial charge in [0.25, 0.3) is 0 Å². The molecule has 0 aromatic heterocycles. The first-order valence-corrected chi connectivity index (χ1v) is 7.27. The van der Waals surface area contributed by atoms with Crippen LogP contribution in [0.2, 0.25) is 0 Å². The molecule has 3 nitrogen and oxygen atoms in total. The molecular formula is C18H21NO2. The zero-order chi connectivity index (χ0) is 15.2. The Morgan fingerprint density at radius 2 is 1.76 bits per heavy atom. The summed E-state index contributed by atoms with van der Waals surface area (Å²) in [5.41, 5.74) is 9.31. The largest absolute Gasteiger partial charge is 0.485 e. The van der Waals surface area contributed by atoms with Crippen LogP contribution in [-0.2, 0) is 12.8 Å². The summed E-state index contributed by atoms with van der Waals surface area (Å²) < 4.78 is 5.55. The maximum atomic E-state index is 12.4. The summed E-state index contributed by atoms with van der Waals surface area (Å²) >= 11 is 0. The first kappa shape index (κ1) is 15.1. The van der Waals surface area contributed by atoms with Crippen LogP contribution in [0.3, 0.4) is 0 Å². The molecule has 2 rings (SSSR count). The SMILES string of the molecule is CCc1ccc(CC)c(C(=O)COc2ccc(N)cc2)c1. The Bertz CT molecular complexity index is 618. The quantitative estimate of drug-likeness (QED) is 0.650. The monoisotopic (exact) mass is 283 g/mol. The fraction of sp³-hybridized carbons (Fsp3) is 0.278. The van der Waals surface area contributed by atoms with E-state index in [2.05, 4.69) is 19.9 Å². The predicted molar refractivity (Wildman–Crippen MR) is 85.9 cm³/mol. The Balaban J connectivity index is 2.10. The highest BCUT2D eigenvalue weighted by atomic mass is 16.5. The summed E-state index contributed by atoms with van der Waals surface area (Å²) in [4.78, 5) is 12.4. The second-order valence-corrected chi connectivity index (χ2v) is 4.98. The summed E-state index contributed by atoms with van der Waals surface area (Å²) in [5, 5.41) is 0. The maximum Gasteiger partial charge on any atom is 0.200 e. The number of carbonyl (C=O) groups is 1. The molecule has 0 saturated heterocycles. The molecule has 0 aliphatic carbocycles. The van der Waals surface area contributed by atoms with Gasteiger partial charge in [-0.1, -0.05) is 26.0 Å². The Hall–Kier alpha value is -2.29. The number of carbonyl (C=O) groups excluding carboxylic acids is 1. The molecule has 0 amide bonds. The van der Waals surface area contributed by atoms with Gasteiger partial charge in [-0.2, -0.15) is 0 Å². The van der Waals surface area contributed by atoms with Gasteiger partial charge < -0.3 is 10.5 Å². The molecule has 2 aromatic rings. The van der Waals surface area contributed by atoms with Crippen molar-refractivity contribution in [1.82, 2.24) is 0 Å². The van der Waals surface area contributed by atoms with Crippen molar-refractivity contribution in [2.75, 3.05) is 12.3 Å². The summed E-state index contributed by atoms with van der Waals surface area (Å²) in [6, 6.07) is 13.2. The van der Waals surface area contributed by atoms with Crippen LogP contribution < -0.4 is 10.5 Å². The van der Waals surface area contributed by atoms with E-state index in [4.69, 9.17) is 10.5 Å². The van der Waals surface area contributed by atoms with Crippen LogP contribution in [0.4, 0.5) is 5.69 Å². The number of benzene rings is 2. The van der Waals surface area contributed by atoms with Gasteiger partial charge in [-0.25, -0.2) is 0 Å². The third-order valence-corrected chi connectivity index (χ3v) is 3.51. The molecule has 110 valence electrons. The van der Waals surface area contributed by atoms with Crippen LogP contribution in [0.1, 0.15) is 35.3 Å². The van der Waals surface area contributed by atoms with Crippen molar-refractivity contribution in [1.29, 1.82) is 0 Å². The number of nitrogens with two attached hydrogens (primary N) is 1. The molecule has 0 heterocycles. The molecule has 0 aliphatic rings. The van der Waals surface area contributed by atoms with Gasteiger partial charge in [0.1, 0.15) is 5.75 Å². The van der Waals surface area contributed by atoms with Crippen molar-refractivity contribution in [2.45, 2.75) is 26.7 Å². The van der Waals surface area contributed by atoms with E-state index >= 15 is 0 Å². The molecule has 2 aromatic carbocycles. The van der Waals surface area contributed by atoms with E-state index in [1.54, 1.807) is 24.3 Å². The Morgan fingerprint density at radius 3 is 2.38 bits per heavy atom. The van der Waals surface area contributed by atoms with E-state index in [0.29, 0.717) is 11.4 Å². The summed E-state index contributed by atoms with van der Waals surface area (Å²) in [5.74, 6) is 0.668. The van der Waals surface area contributed by atoms with Crippen LogP contribution in [0.5, 0.6) is 5.75 Å². The molecule has 0 unspecified atom stereocenters. The fourth-order valence-corrected chi connectivity index (χ4v) is 2.20. The lowest BCUT2D eigenvalue weighted by Crippen LogP contribution is -2.14. The molecule has 0 fully saturated rings. The molecule has 0 atom stereocenters.